The molecule has 0 aromatic heterocycles. The average Bonchev–Trinajstić information content (AvgIpc) is 2.64. The molecule has 2 atom stereocenters. The van der Waals surface area contributed by atoms with Gasteiger partial charge in [-0.05, 0) is 76.5 Å². The highest BCUT2D eigenvalue weighted by atomic mass is 16.5. The lowest BCUT2D eigenvalue weighted by Crippen LogP contribution is -2.56. The van der Waals surface area contributed by atoms with Crippen LogP contribution in [-0.2, 0) is 19.1 Å². The number of esters is 1. The summed E-state index contributed by atoms with van der Waals surface area (Å²) in [4.78, 5) is 48.6. The summed E-state index contributed by atoms with van der Waals surface area (Å²) in [6.45, 7) is 4.73. The summed E-state index contributed by atoms with van der Waals surface area (Å²) in [5.74, 6) is 0.469. The molecule has 0 unspecified atom stereocenters. The highest BCUT2D eigenvalue weighted by molar-refractivity contribution is 5.96. The third-order valence-corrected chi connectivity index (χ3v) is 6.81. The van der Waals surface area contributed by atoms with Crippen molar-refractivity contribution < 1.29 is 23.9 Å². The molecular weight excluding hydrogens is 374 g/mol. The first-order chi connectivity index (χ1) is 13.7. The molecule has 0 heterocycles. The maximum absolute atomic E-state index is 13.0. The summed E-state index contributed by atoms with van der Waals surface area (Å²) < 4.78 is 4.97. The van der Waals surface area contributed by atoms with Gasteiger partial charge in [0.05, 0.1) is 0 Å². The SMILES string of the molecule is CC[C@@H](C)NC(=O)NC(=O)COC(=O)[C@H](C)NC(=O)C12CC3CC(CC(C3)C1)C2. The quantitative estimate of drug-likeness (QED) is 0.558. The van der Waals surface area contributed by atoms with Crippen LogP contribution in [0, 0.1) is 23.2 Å². The predicted octanol–water partition coefficient (Wildman–Crippen LogP) is 1.87. The van der Waals surface area contributed by atoms with E-state index in [9.17, 15) is 19.2 Å². The summed E-state index contributed by atoms with van der Waals surface area (Å²) in [5.41, 5.74) is -0.339. The molecule has 0 saturated heterocycles. The molecule has 0 aromatic rings. The van der Waals surface area contributed by atoms with E-state index in [1.165, 1.54) is 19.3 Å². The zero-order valence-electron chi connectivity index (χ0n) is 17.6. The van der Waals surface area contributed by atoms with Crippen LogP contribution in [0.2, 0.25) is 0 Å². The lowest BCUT2D eigenvalue weighted by molar-refractivity contribution is -0.155. The summed E-state index contributed by atoms with van der Waals surface area (Å²) >= 11 is 0. The van der Waals surface area contributed by atoms with Crippen LogP contribution >= 0.6 is 0 Å². The maximum atomic E-state index is 13.0. The zero-order valence-corrected chi connectivity index (χ0v) is 17.6. The van der Waals surface area contributed by atoms with Crippen molar-refractivity contribution in [1.82, 2.24) is 16.0 Å². The van der Waals surface area contributed by atoms with E-state index in [0.29, 0.717) is 17.8 Å². The minimum atomic E-state index is -0.836. The van der Waals surface area contributed by atoms with Gasteiger partial charge in [-0.25, -0.2) is 9.59 Å². The number of hydrogen-bond donors (Lipinski definition) is 3. The fourth-order valence-electron chi connectivity index (χ4n) is 5.58. The Balaban J connectivity index is 1.43. The van der Waals surface area contributed by atoms with E-state index in [1.54, 1.807) is 6.92 Å². The van der Waals surface area contributed by atoms with E-state index in [1.807, 2.05) is 13.8 Å². The molecule has 162 valence electrons. The number of nitrogens with one attached hydrogen (secondary N) is 3. The Morgan fingerprint density at radius 2 is 1.52 bits per heavy atom. The summed E-state index contributed by atoms with van der Waals surface area (Å²) in [5, 5.41) is 7.52. The van der Waals surface area contributed by atoms with Gasteiger partial charge in [-0.15, -0.1) is 0 Å². The Labute approximate surface area is 171 Å². The lowest BCUT2D eigenvalue weighted by Gasteiger charge is -2.55. The second-order valence-corrected chi connectivity index (χ2v) is 9.33. The third kappa shape index (κ3) is 5.08. The van der Waals surface area contributed by atoms with Crippen molar-refractivity contribution >= 4 is 23.8 Å². The van der Waals surface area contributed by atoms with Gasteiger partial charge in [-0.2, -0.15) is 0 Å². The van der Waals surface area contributed by atoms with E-state index in [2.05, 4.69) is 16.0 Å². The Bertz CT molecular complexity index is 642. The second-order valence-electron chi connectivity index (χ2n) is 9.33. The number of hydrogen-bond acceptors (Lipinski definition) is 5. The molecular formula is C21H33N3O5. The van der Waals surface area contributed by atoms with Gasteiger partial charge in [0, 0.05) is 11.5 Å². The van der Waals surface area contributed by atoms with E-state index >= 15 is 0 Å². The van der Waals surface area contributed by atoms with E-state index < -0.39 is 30.6 Å². The van der Waals surface area contributed by atoms with Gasteiger partial charge in [-0.1, -0.05) is 6.92 Å². The predicted molar refractivity (Wildman–Crippen MR) is 106 cm³/mol. The van der Waals surface area contributed by atoms with Crippen molar-refractivity contribution in [3.8, 4) is 0 Å². The standard InChI is InChI=1S/C21H33N3O5/c1-4-12(2)22-20(28)24-17(25)11-29-18(26)13(3)23-19(27)21-8-14-5-15(9-21)7-16(6-14)10-21/h12-16H,4-11H2,1-3H3,(H,23,27)(H2,22,24,25,28)/t12-,13+,14?,15?,16?,21?/m1/s1. The van der Waals surface area contributed by atoms with Crippen molar-refractivity contribution in [2.24, 2.45) is 23.2 Å². The van der Waals surface area contributed by atoms with E-state index in [-0.39, 0.29) is 17.4 Å². The smallest absolute Gasteiger partial charge is 0.328 e. The Morgan fingerprint density at radius 1 is 0.966 bits per heavy atom. The molecule has 4 saturated carbocycles. The number of rotatable bonds is 7. The summed E-state index contributed by atoms with van der Waals surface area (Å²) in [6.07, 6.45) is 7.20. The van der Waals surface area contributed by atoms with Gasteiger partial charge in [0.25, 0.3) is 5.91 Å². The van der Waals surface area contributed by atoms with Gasteiger partial charge in [0.1, 0.15) is 6.04 Å². The van der Waals surface area contributed by atoms with Crippen LogP contribution in [0.4, 0.5) is 4.79 Å². The molecule has 0 spiro atoms. The maximum Gasteiger partial charge on any atom is 0.328 e. The minimum Gasteiger partial charge on any atom is -0.454 e. The van der Waals surface area contributed by atoms with Crippen LogP contribution < -0.4 is 16.0 Å². The third-order valence-electron chi connectivity index (χ3n) is 6.81. The first kappa shape index (κ1) is 21.6. The highest BCUT2D eigenvalue weighted by Crippen LogP contribution is 2.60. The topological polar surface area (TPSA) is 114 Å². The average molecular weight is 408 g/mol. The first-order valence-electron chi connectivity index (χ1n) is 10.8. The largest absolute Gasteiger partial charge is 0.454 e. The van der Waals surface area contributed by atoms with Gasteiger partial charge < -0.3 is 15.4 Å². The Morgan fingerprint density at radius 3 is 2.03 bits per heavy atom. The van der Waals surface area contributed by atoms with Crippen molar-refractivity contribution in [2.75, 3.05) is 6.61 Å². The fraction of sp³-hybridized carbons (Fsp3) is 0.810. The van der Waals surface area contributed by atoms with Gasteiger partial charge in [0.15, 0.2) is 6.61 Å². The number of carbonyl (C=O) groups is 4. The molecule has 4 fully saturated rings. The van der Waals surface area contributed by atoms with Crippen LogP contribution in [0.1, 0.15) is 65.7 Å². The monoisotopic (exact) mass is 407 g/mol. The second kappa shape index (κ2) is 8.71. The molecule has 29 heavy (non-hydrogen) atoms. The molecule has 4 aliphatic carbocycles. The molecule has 4 aliphatic rings. The molecule has 3 N–H and O–H groups in total. The van der Waals surface area contributed by atoms with Crippen LogP contribution in [0.3, 0.4) is 0 Å². The number of urea groups is 1. The first-order valence-corrected chi connectivity index (χ1v) is 10.8. The number of imide groups is 1. The molecule has 8 heteroatoms. The number of ether oxygens (including phenoxy) is 1. The van der Waals surface area contributed by atoms with E-state index in [0.717, 1.165) is 25.7 Å². The molecule has 4 rings (SSSR count). The lowest BCUT2D eigenvalue weighted by atomic mass is 9.49. The van der Waals surface area contributed by atoms with Crippen molar-refractivity contribution in [3.05, 3.63) is 0 Å². The van der Waals surface area contributed by atoms with Gasteiger partial charge >= 0.3 is 12.0 Å². The molecule has 0 aromatic carbocycles. The van der Waals surface area contributed by atoms with Crippen molar-refractivity contribution in [2.45, 2.75) is 77.8 Å². The molecule has 8 nitrogen and oxygen atoms in total. The zero-order chi connectivity index (χ0) is 21.2. The molecule has 4 bridgehead atoms. The minimum absolute atomic E-state index is 0.0570. The molecule has 0 radical (unpaired) electrons. The van der Waals surface area contributed by atoms with Crippen LogP contribution in [0.5, 0.6) is 0 Å². The Kier molecular flexibility index (Phi) is 6.49. The van der Waals surface area contributed by atoms with Crippen molar-refractivity contribution in [3.63, 3.8) is 0 Å². The molecule has 0 aliphatic heterocycles. The summed E-state index contributed by atoms with van der Waals surface area (Å²) in [6, 6.07) is -1.52. The van der Waals surface area contributed by atoms with Crippen LogP contribution in [0.25, 0.3) is 0 Å². The van der Waals surface area contributed by atoms with Crippen LogP contribution in [-0.4, -0.2) is 42.5 Å². The highest BCUT2D eigenvalue weighted by Gasteiger charge is 2.54. The Hall–Kier alpha value is -2.12. The van der Waals surface area contributed by atoms with Crippen molar-refractivity contribution in [1.29, 1.82) is 0 Å². The number of carbonyl (C=O) groups excluding carboxylic acids is 4. The molecule has 4 amide bonds. The van der Waals surface area contributed by atoms with E-state index in [4.69, 9.17) is 4.74 Å². The summed E-state index contributed by atoms with van der Waals surface area (Å²) in [7, 11) is 0. The normalized spacial score (nSPS) is 31.5. The number of amides is 4. The van der Waals surface area contributed by atoms with Gasteiger partial charge in [0.2, 0.25) is 5.91 Å². The fourth-order valence-corrected chi connectivity index (χ4v) is 5.58. The van der Waals surface area contributed by atoms with Crippen LogP contribution in [0.15, 0.2) is 0 Å². The van der Waals surface area contributed by atoms with Gasteiger partial charge in [-0.3, -0.25) is 14.9 Å².